The highest BCUT2D eigenvalue weighted by atomic mass is 16.5. The summed E-state index contributed by atoms with van der Waals surface area (Å²) in [6.07, 6.45) is 52.7. The first-order valence-corrected chi connectivity index (χ1v) is 32.9. The Bertz CT molecular complexity index is 1170. The predicted octanol–water partition coefficient (Wildman–Crippen LogP) is 18.3. The normalized spacial score (nSPS) is 12.9. The number of esters is 3. The number of ether oxygens (including phenoxy) is 3. The summed E-state index contributed by atoms with van der Waals surface area (Å²) in [6, 6.07) is -0.260. The Morgan fingerprint density at radius 3 is 1.09 bits per heavy atom. The molecule has 0 spiro atoms. The van der Waals surface area contributed by atoms with Crippen LogP contribution in [0.3, 0.4) is 0 Å². The number of carbonyl (C=O) groups is 3. The third-order valence-corrected chi connectivity index (χ3v) is 15.7. The Hall–Kier alpha value is -1.97. The summed E-state index contributed by atoms with van der Waals surface area (Å²) >= 11 is 0. The van der Waals surface area contributed by atoms with Crippen LogP contribution in [0.15, 0.2) is 12.7 Å². The van der Waals surface area contributed by atoms with Crippen LogP contribution in [-0.4, -0.2) is 98.5 Å². The standard InChI is InChI=1S/C66H128N2O7/c1-7-12-17-22-25-26-27-32-45-60-75-66(72)63(67(6)53-43-44-57-69)52-39-42-56-68(54-40-30-33-46-58-73-64(70)61(48-35-20-15-10-4)50-37-28-23-18-13-8-2)55-41-31-34-47-59-74-65(71)62(49-36-21-16-11-5)51-38-29-24-19-14-9-3/h7,61-63,69H,1,8-60H2,2-6H3. The van der Waals surface area contributed by atoms with Crippen molar-refractivity contribution in [3.8, 4) is 0 Å². The fraction of sp³-hybridized carbons (Fsp3) is 0.924. The monoisotopic (exact) mass is 1060 g/mol. The van der Waals surface area contributed by atoms with Gasteiger partial charge in [-0.1, -0.05) is 226 Å². The summed E-state index contributed by atoms with van der Waals surface area (Å²) in [7, 11) is 2.04. The Kier molecular flexibility index (Phi) is 56.7. The van der Waals surface area contributed by atoms with Gasteiger partial charge < -0.3 is 24.2 Å². The molecule has 0 amide bonds. The number of hydrogen-bond acceptors (Lipinski definition) is 9. The Morgan fingerprint density at radius 2 is 0.693 bits per heavy atom. The maximum absolute atomic E-state index is 13.5. The van der Waals surface area contributed by atoms with Crippen molar-refractivity contribution >= 4 is 17.9 Å². The summed E-state index contributed by atoms with van der Waals surface area (Å²) in [6.45, 7) is 18.4. The molecule has 1 N–H and O–H groups in total. The van der Waals surface area contributed by atoms with E-state index in [0.29, 0.717) is 19.8 Å². The Labute approximate surface area is 466 Å². The van der Waals surface area contributed by atoms with E-state index >= 15 is 0 Å². The molecule has 444 valence electrons. The molecule has 0 aliphatic carbocycles. The lowest BCUT2D eigenvalue weighted by atomic mass is 9.94. The first-order valence-electron chi connectivity index (χ1n) is 32.9. The molecule has 0 saturated heterocycles. The summed E-state index contributed by atoms with van der Waals surface area (Å²) in [4.78, 5) is 44.8. The molecule has 0 aliphatic heterocycles. The molecule has 0 heterocycles. The quantitative estimate of drug-likeness (QED) is 0.0276. The van der Waals surface area contributed by atoms with Gasteiger partial charge >= 0.3 is 17.9 Å². The number of unbranched alkanes of at least 4 members (excludes halogenated alkanes) is 31. The van der Waals surface area contributed by atoms with Gasteiger partial charge in [0.15, 0.2) is 0 Å². The molecule has 75 heavy (non-hydrogen) atoms. The number of aliphatic hydroxyl groups is 1. The van der Waals surface area contributed by atoms with Gasteiger partial charge in [0.05, 0.1) is 31.7 Å². The lowest BCUT2D eigenvalue weighted by Crippen LogP contribution is -2.40. The second-order valence-corrected chi connectivity index (χ2v) is 22.9. The van der Waals surface area contributed by atoms with Gasteiger partial charge in [-0.05, 0) is 130 Å². The first-order chi connectivity index (χ1) is 36.8. The van der Waals surface area contributed by atoms with E-state index < -0.39 is 0 Å². The van der Waals surface area contributed by atoms with Gasteiger partial charge in [-0.15, -0.1) is 6.58 Å². The van der Waals surface area contributed by atoms with Gasteiger partial charge in [0.1, 0.15) is 6.04 Å². The maximum Gasteiger partial charge on any atom is 0.323 e. The average molecular weight is 1060 g/mol. The molecule has 0 radical (unpaired) electrons. The first kappa shape index (κ1) is 73.0. The third-order valence-electron chi connectivity index (χ3n) is 15.7. The molecule has 0 aromatic carbocycles. The van der Waals surface area contributed by atoms with E-state index in [1.807, 2.05) is 13.1 Å². The van der Waals surface area contributed by atoms with E-state index in [-0.39, 0.29) is 42.4 Å². The Balaban J connectivity index is 5.30. The highest BCUT2D eigenvalue weighted by molar-refractivity contribution is 5.75. The van der Waals surface area contributed by atoms with Crippen LogP contribution < -0.4 is 0 Å². The van der Waals surface area contributed by atoms with Crippen molar-refractivity contribution in [2.75, 3.05) is 59.7 Å². The zero-order chi connectivity index (χ0) is 54.9. The van der Waals surface area contributed by atoms with Crippen molar-refractivity contribution in [1.82, 2.24) is 9.80 Å². The van der Waals surface area contributed by atoms with E-state index in [4.69, 9.17) is 14.2 Å². The molecule has 0 aromatic rings. The van der Waals surface area contributed by atoms with Crippen LogP contribution in [0.2, 0.25) is 0 Å². The van der Waals surface area contributed by atoms with Gasteiger partial charge in [-0.3, -0.25) is 19.3 Å². The summed E-state index contributed by atoms with van der Waals surface area (Å²) < 4.78 is 17.8. The lowest BCUT2D eigenvalue weighted by molar-refractivity contribution is -0.150. The van der Waals surface area contributed by atoms with Gasteiger partial charge in [-0.2, -0.15) is 0 Å². The topological polar surface area (TPSA) is 106 Å². The number of rotatable bonds is 61. The summed E-state index contributed by atoms with van der Waals surface area (Å²) in [5.74, 6) is 0.101. The number of carbonyl (C=O) groups excluding carboxylic acids is 3. The molecule has 0 rings (SSSR count). The maximum atomic E-state index is 13.5. The van der Waals surface area contributed by atoms with Gasteiger partial charge in [0.2, 0.25) is 0 Å². The molecule has 0 saturated carbocycles. The molecule has 3 unspecified atom stereocenters. The smallest absolute Gasteiger partial charge is 0.323 e. The molecule has 0 bridgehead atoms. The van der Waals surface area contributed by atoms with Crippen LogP contribution >= 0.6 is 0 Å². The number of aliphatic hydroxyl groups excluding tert-OH is 1. The predicted molar refractivity (Wildman–Crippen MR) is 320 cm³/mol. The second-order valence-electron chi connectivity index (χ2n) is 22.9. The van der Waals surface area contributed by atoms with Gasteiger partial charge in [0.25, 0.3) is 0 Å². The van der Waals surface area contributed by atoms with E-state index in [0.717, 1.165) is 180 Å². The average Bonchev–Trinajstić information content (AvgIpc) is 3.41. The van der Waals surface area contributed by atoms with E-state index in [2.05, 4.69) is 44.1 Å². The van der Waals surface area contributed by atoms with Crippen molar-refractivity contribution in [1.29, 1.82) is 0 Å². The minimum absolute atomic E-state index is 0.0401. The zero-order valence-electron chi connectivity index (χ0n) is 50.8. The zero-order valence-corrected chi connectivity index (χ0v) is 50.8. The molecule has 0 aliphatic rings. The second kappa shape index (κ2) is 58.2. The van der Waals surface area contributed by atoms with Crippen LogP contribution in [0, 0.1) is 11.8 Å². The van der Waals surface area contributed by atoms with Crippen LogP contribution in [0.1, 0.15) is 317 Å². The summed E-state index contributed by atoms with van der Waals surface area (Å²) in [5, 5.41) is 9.43. The van der Waals surface area contributed by atoms with Crippen molar-refractivity contribution < 1.29 is 33.7 Å². The van der Waals surface area contributed by atoms with Gasteiger partial charge in [0, 0.05) is 6.61 Å². The van der Waals surface area contributed by atoms with Crippen LogP contribution in [0.25, 0.3) is 0 Å². The molecule has 0 fully saturated rings. The van der Waals surface area contributed by atoms with E-state index in [1.54, 1.807) is 0 Å². The van der Waals surface area contributed by atoms with E-state index in [1.165, 1.54) is 135 Å². The minimum Gasteiger partial charge on any atom is -0.465 e. The lowest BCUT2D eigenvalue weighted by Gasteiger charge is -2.27. The number of nitrogens with zero attached hydrogens (tertiary/aromatic N) is 2. The van der Waals surface area contributed by atoms with E-state index in [9.17, 15) is 19.5 Å². The molecule has 3 atom stereocenters. The molecular formula is C66H128N2O7. The van der Waals surface area contributed by atoms with Crippen LogP contribution in [0.5, 0.6) is 0 Å². The number of hydrogen-bond donors (Lipinski definition) is 1. The fourth-order valence-corrected chi connectivity index (χ4v) is 10.6. The van der Waals surface area contributed by atoms with Gasteiger partial charge in [-0.25, -0.2) is 0 Å². The highest BCUT2D eigenvalue weighted by Gasteiger charge is 2.25. The molecule has 9 nitrogen and oxygen atoms in total. The van der Waals surface area contributed by atoms with Crippen molar-refractivity contribution in [2.45, 2.75) is 323 Å². The van der Waals surface area contributed by atoms with Crippen molar-refractivity contribution in [3.63, 3.8) is 0 Å². The van der Waals surface area contributed by atoms with Crippen LogP contribution in [-0.2, 0) is 28.6 Å². The Morgan fingerprint density at radius 1 is 0.387 bits per heavy atom. The number of likely N-dealkylation sites (N-methyl/N-ethyl adjacent to an activating group) is 1. The SMILES string of the molecule is C=CCCCCCCCCCOC(=O)C(CCCCN(CCCCCCOC(=O)C(CCCCCC)CCCCCCCC)CCCCCCOC(=O)C(CCCCCC)CCCCCCCC)N(C)CCCCO. The minimum atomic E-state index is -0.260. The highest BCUT2D eigenvalue weighted by Crippen LogP contribution is 2.23. The summed E-state index contributed by atoms with van der Waals surface area (Å²) in [5.41, 5.74) is 0. The van der Waals surface area contributed by atoms with Crippen molar-refractivity contribution in [3.05, 3.63) is 12.7 Å². The largest absolute Gasteiger partial charge is 0.465 e. The number of allylic oxidation sites excluding steroid dienone is 1. The fourth-order valence-electron chi connectivity index (χ4n) is 10.6. The third kappa shape index (κ3) is 47.7. The molecule has 0 aromatic heterocycles. The van der Waals surface area contributed by atoms with Crippen molar-refractivity contribution in [2.24, 2.45) is 11.8 Å². The molecule has 9 heteroatoms. The van der Waals surface area contributed by atoms with Crippen LogP contribution in [0.4, 0.5) is 0 Å². The molecular weight excluding hydrogens is 933 g/mol.